The average Bonchev–Trinajstić information content (AvgIpc) is 2.93. The predicted molar refractivity (Wildman–Crippen MR) is 103 cm³/mol. The van der Waals surface area contributed by atoms with E-state index in [2.05, 4.69) is 46.0 Å². The second-order valence-corrected chi connectivity index (χ2v) is 10.4. The number of amides is 1. The first-order valence-electron chi connectivity index (χ1n) is 10.8. The number of fused-ring (bicyclic) bond motifs is 5. The van der Waals surface area contributed by atoms with E-state index in [9.17, 15) is 4.79 Å². The Balaban J connectivity index is 1.68. The minimum absolute atomic E-state index is 0.117. The van der Waals surface area contributed by atoms with Crippen molar-refractivity contribution in [2.75, 3.05) is 0 Å². The predicted octanol–water partition coefficient (Wildman–Crippen LogP) is 5.19. The zero-order valence-electron chi connectivity index (χ0n) is 16.8. The molecule has 3 aliphatic carbocycles. The van der Waals surface area contributed by atoms with Gasteiger partial charge in [-0.25, -0.2) is 0 Å². The van der Waals surface area contributed by atoms with E-state index in [1.54, 1.807) is 0 Å². The molecule has 0 spiro atoms. The third-order valence-electron chi connectivity index (χ3n) is 9.46. The van der Waals surface area contributed by atoms with Crippen LogP contribution in [0.5, 0.6) is 0 Å². The number of hydrogen-bond donors (Lipinski definition) is 1. The summed E-state index contributed by atoms with van der Waals surface area (Å²) in [5.74, 6) is 5.11. The lowest BCUT2D eigenvalue weighted by atomic mass is 9.45. The van der Waals surface area contributed by atoms with Gasteiger partial charge in [-0.3, -0.25) is 4.79 Å². The van der Waals surface area contributed by atoms with Crippen LogP contribution in [0.3, 0.4) is 0 Å². The summed E-state index contributed by atoms with van der Waals surface area (Å²) in [6.07, 6.45) is 12.2. The van der Waals surface area contributed by atoms with Gasteiger partial charge in [0.15, 0.2) is 0 Å². The number of hydrogen-bond acceptors (Lipinski definition) is 1. The highest BCUT2D eigenvalue weighted by Crippen LogP contribution is 2.67. The summed E-state index contributed by atoms with van der Waals surface area (Å²) in [7, 11) is 0. The first-order valence-corrected chi connectivity index (χ1v) is 10.8. The number of carbonyl (C=O) groups is 1. The van der Waals surface area contributed by atoms with Crippen LogP contribution in [-0.2, 0) is 4.79 Å². The normalized spacial score (nSPS) is 52.8. The van der Waals surface area contributed by atoms with Gasteiger partial charge in [0.1, 0.15) is 0 Å². The molecule has 140 valence electrons. The molecule has 1 amide bonds. The van der Waals surface area contributed by atoms with Gasteiger partial charge in [0.25, 0.3) is 0 Å². The van der Waals surface area contributed by atoms with Crippen molar-refractivity contribution in [3.05, 3.63) is 12.2 Å². The van der Waals surface area contributed by atoms with Gasteiger partial charge in [0, 0.05) is 11.5 Å². The molecular weight excluding hydrogens is 306 g/mol. The maximum absolute atomic E-state index is 11.9. The van der Waals surface area contributed by atoms with Gasteiger partial charge in [0.05, 0.1) is 0 Å². The Kier molecular flexibility index (Phi) is 4.13. The van der Waals surface area contributed by atoms with Crippen LogP contribution in [-0.4, -0.2) is 11.9 Å². The second-order valence-electron chi connectivity index (χ2n) is 10.4. The van der Waals surface area contributed by atoms with Gasteiger partial charge in [-0.05, 0) is 79.1 Å². The molecule has 0 bridgehead atoms. The number of rotatable bonds is 2. The molecule has 1 heterocycles. The van der Waals surface area contributed by atoms with Crippen LogP contribution in [0.15, 0.2) is 12.2 Å². The van der Waals surface area contributed by atoms with E-state index in [1.165, 1.54) is 32.1 Å². The van der Waals surface area contributed by atoms with Crippen LogP contribution in [0.2, 0.25) is 0 Å². The maximum Gasteiger partial charge on any atom is 0.243 e. The van der Waals surface area contributed by atoms with Crippen molar-refractivity contribution < 1.29 is 4.79 Å². The Morgan fingerprint density at radius 1 is 1.24 bits per heavy atom. The van der Waals surface area contributed by atoms with Crippen molar-refractivity contribution in [2.45, 2.75) is 79.2 Å². The van der Waals surface area contributed by atoms with Crippen molar-refractivity contribution in [1.29, 1.82) is 0 Å². The lowest BCUT2D eigenvalue weighted by Crippen LogP contribution is -2.61. The number of nitrogens with one attached hydrogen (secondary N) is 1. The van der Waals surface area contributed by atoms with Gasteiger partial charge in [-0.15, -0.1) is 0 Å². The minimum Gasteiger partial charge on any atom is -0.349 e. The molecule has 4 unspecified atom stereocenters. The van der Waals surface area contributed by atoms with E-state index in [4.69, 9.17) is 0 Å². The third-order valence-corrected chi connectivity index (χ3v) is 9.46. The molecule has 4 aliphatic rings. The standard InChI is InChI=1S/C23H37NO/c1-6-14(2)16-7-8-17-21-15(3)13-19-23(5,12-10-20(25)24-19)18(21)9-11-22(16,17)4/h10,12,14-19,21H,6-9,11,13H2,1-5H3,(H,24,25)/t14?,15?,16?,17-,18+,19?,21-,22+,23+/m0/s1. The molecule has 2 heteroatoms. The molecule has 1 N–H and O–H groups in total. The molecule has 0 radical (unpaired) electrons. The highest BCUT2D eigenvalue weighted by atomic mass is 16.1. The molecule has 25 heavy (non-hydrogen) atoms. The third kappa shape index (κ3) is 2.38. The fourth-order valence-electron chi connectivity index (χ4n) is 7.94. The molecule has 3 saturated carbocycles. The molecule has 2 nitrogen and oxygen atoms in total. The zero-order chi connectivity index (χ0) is 18.0. The van der Waals surface area contributed by atoms with Crippen LogP contribution >= 0.6 is 0 Å². The van der Waals surface area contributed by atoms with Crippen molar-refractivity contribution in [2.24, 2.45) is 46.3 Å². The summed E-state index contributed by atoms with van der Waals surface area (Å²) in [6.45, 7) is 12.4. The Labute approximate surface area is 154 Å². The number of carbonyl (C=O) groups excluding carboxylic acids is 1. The summed E-state index contributed by atoms with van der Waals surface area (Å²) in [5, 5.41) is 3.30. The van der Waals surface area contributed by atoms with Gasteiger partial charge >= 0.3 is 0 Å². The van der Waals surface area contributed by atoms with E-state index >= 15 is 0 Å². The second kappa shape index (κ2) is 5.86. The molecule has 1 aliphatic heterocycles. The average molecular weight is 344 g/mol. The Bertz CT molecular complexity index is 583. The topological polar surface area (TPSA) is 29.1 Å². The van der Waals surface area contributed by atoms with E-state index in [1.807, 2.05) is 6.08 Å². The van der Waals surface area contributed by atoms with E-state index in [-0.39, 0.29) is 11.3 Å². The summed E-state index contributed by atoms with van der Waals surface area (Å²) in [4.78, 5) is 11.9. The van der Waals surface area contributed by atoms with Crippen molar-refractivity contribution in [1.82, 2.24) is 5.32 Å². The van der Waals surface area contributed by atoms with E-state index in [0.717, 1.165) is 41.9 Å². The molecule has 9 atom stereocenters. The van der Waals surface area contributed by atoms with Crippen LogP contribution in [0.1, 0.15) is 73.1 Å². The van der Waals surface area contributed by atoms with E-state index < -0.39 is 0 Å². The molecule has 4 rings (SSSR count). The fourth-order valence-corrected chi connectivity index (χ4v) is 7.94. The maximum atomic E-state index is 11.9. The molecular formula is C23H37NO. The van der Waals surface area contributed by atoms with E-state index in [0.29, 0.717) is 11.5 Å². The fraction of sp³-hybridized carbons (Fsp3) is 0.870. The summed E-state index contributed by atoms with van der Waals surface area (Å²) in [5.41, 5.74) is 0.719. The zero-order valence-corrected chi connectivity index (χ0v) is 16.8. The molecule has 0 saturated heterocycles. The first-order chi connectivity index (χ1) is 11.8. The highest BCUT2D eigenvalue weighted by Gasteiger charge is 2.61. The summed E-state index contributed by atoms with van der Waals surface area (Å²) < 4.78 is 0. The molecule has 0 aromatic carbocycles. The van der Waals surface area contributed by atoms with Gasteiger partial charge < -0.3 is 5.32 Å². The van der Waals surface area contributed by atoms with Gasteiger partial charge in [-0.1, -0.05) is 47.1 Å². The SMILES string of the molecule is CCC(C)C1CC[C@H]2[C@@H]3C(C)CC4NC(=O)C=C[C@]4(C)[C@@H]3CC[C@]12C. The smallest absolute Gasteiger partial charge is 0.243 e. The van der Waals surface area contributed by atoms with Gasteiger partial charge in [0.2, 0.25) is 5.91 Å². The van der Waals surface area contributed by atoms with Crippen molar-refractivity contribution >= 4 is 5.91 Å². The first kappa shape index (κ1) is 17.6. The quantitative estimate of drug-likeness (QED) is 0.734. The molecule has 0 aromatic rings. The lowest BCUT2D eigenvalue weighted by Gasteiger charge is -2.61. The van der Waals surface area contributed by atoms with Gasteiger partial charge in [-0.2, -0.15) is 0 Å². The monoisotopic (exact) mass is 343 g/mol. The highest BCUT2D eigenvalue weighted by molar-refractivity contribution is 5.89. The largest absolute Gasteiger partial charge is 0.349 e. The van der Waals surface area contributed by atoms with Crippen molar-refractivity contribution in [3.63, 3.8) is 0 Å². The Morgan fingerprint density at radius 2 is 2.00 bits per heavy atom. The molecule has 3 fully saturated rings. The van der Waals surface area contributed by atoms with Crippen molar-refractivity contribution in [3.8, 4) is 0 Å². The lowest BCUT2D eigenvalue weighted by molar-refractivity contribution is -0.126. The van der Waals surface area contributed by atoms with Crippen LogP contribution < -0.4 is 5.32 Å². The van der Waals surface area contributed by atoms with Crippen LogP contribution in [0.25, 0.3) is 0 Å². The van der Waals surface area contributed by atoms with Crippen LogP contribution in [0, 0.1) is 46.3 Å². The molecule has 0 aromatic heterocycles. The summed E-state index contributed by atoms with van der Waals surface area (Å²) >= 11 is 0. The Morgan fingerprint density at radius 3 is 2.72 bits per heavy atom. The summed E-state index contributed by atoms with van der Waals surface area (Å²) in [6, 6.07) is 0.345. The minimum atomic E-state index is 0.117. The van der Waals surface area contributed by atoms with Crippen LogP contribution in [0.4, 0.5) is 0 Å². The Hall–Kier alpha value is -0.790.